The lowest BCUT2D eigenvalue weighted by atomic mass is 10.3. The average Bonchev–Trinajstić information content (AvgIpc) is 2.60. The largest absolute Gasteiger partial charge is 0.625 e. The highest BCUT2D eigenvalue weighted by atomic mass is 31.2. The van der Waals surface area contributed by atoms with Crippen molar-refractivity contribution >= 4 is 13.8 Å². The number of phosphoric ester groups is 1. The van der Waals surface area contributed by atoms with Crippen LogP contribution in [0.15, 0.2) is 60.7 Å². The van der Waals surface area contributed by atoms with Gasteiger partial charge in [0.25, 0.3) is 0 Å². The average molecular weight is 350 g/mol. The van der Waals surface area contributed by atoms with Gasteiger partial charge in [-0.05, 0) is 30.7 Å². The maximum absolute atomic E-state index is 12.8. The molecular weight excluding hydrogens is 331 g/mol. The van der Waals surface area contributed by atoms with Crippen LogP contribution in [0.4, 0.5) is 0 Å². The number of benzene rings is 2. The molecule has 0 heterocycles. The molecule has 0 unspecified atom stereocenters. The third-order valence-corrected chi connectivity index (χ3v) is 4.00. The van der Waals surface area contributed by atoms with E-state index >= 15 is 0 Å². The Kier molecular flexibility index (Phi) is 6.85. The van der Waals surface area contributed by atoms with Crippen LogP contribution in [0.1, 0.15) is 26.2 Å². The van der Waals surface area contributed by atoms with Gasteiger partial charge in [0.05, 0.1) is 0 Å². The standard InChI is InChI=1S/C17H19O6P/c1-2-3-14-17(18)20-23-24(19,21-15-10-6-4-7-11-15)22-16-12-8-5-9-13-16/h4-13H,2-3,14H2,1H3. The SMILES string of the molecule is CCCCC(=O)OOP(=O)(Oc1ccccc1)Oc1ccccc1. The van der Waals surface area contributed by atoms with Crippen LogP contribution in [0.2, 0.25) is 0 Å². The number of carbonyl (C=O) groups is 1. The highest BCUT2D eigenvalue weighted by Crippen LogP contribution is 2.49. The van der Waals surface area contributed by atoms with Crippen molar-refractivity contribution in [1.29, 1.82) is 0 Å². The summed E-state index contributed by atoms with van der Waals surface area (Å²) in [6.45, 7) is 1.94. The summed E-state index contributed by atoms with van der Waals surface area (Å²) in [6, 6.07) is 16.7. The summed E-state index contributed by atoms with van der Waals surface area (Å²) in [5, 5.41) is 0. The van der Waals surface area contributed by atoms with Crippen LogP contribution in [0.5, 0.6) is 11.5 Å². The minimum Gasteiger partial charge on any atom is -0.393 e. The number of para-hydroxylation sites is 2. The van der Waals surface area contributed by atoms with Gasteiger partial charge in [0, 0.05) is 6.42 Å². The zero-order valence-electron chi connectivity index (χ0n) is 13.3. The van der Waals surface area contributed by atoms with Gasteiger partial charge in [-0.1, -0.05) is 54.4 Å². The highest BCUT2D eigenvalue weighted by molar-refractivity contribution is 7.49. The van der Waals surface area contributed by atoms with Crippen molar-refractivity contribution in [2.24, 2.45) is 0 Å². The van der Waals surface area contributed by atoms with Gasteiger partial charge in [0.15, 0.2) is 0 Å². The van der Waals surface area contributed by atoms with E-state index in [2.05, 4.69) is 4.89 Å². The first-order chi connectivity index (χ1) is 11.6. The molecule has 0 fully saturated rings. The van der Waals surface area contributed by atoms with Crippen molar-refractivity contribution in [1.82, 2.24) is 0 Å². The lowest BCUT2D eigenvalue weighted by Crippen LogP contribution is -2.10. The molecule has 6 nitrogen and oxygen atoms in total. The Morgan fingerprint density at radius 3 is 1.88 bits per heavy atom. The third-order valence-electron chi connectivity index (χ3n) is 2.88. The Morgan fingerprint density at radius 2 is 1.42 bits per heavy atom. The molecule has 2 aromatic carbocycles. The Hall–Kier alpha value is -2.30. The van der Waals surface area contributed by atoms with E-state index in [1.165, 1.54) is 0 Å². The van der Waals surface area contributed by atoms with Gasteiger partial charge >= 0.3 is 13.8 Å². The Morgan fingerprint density at radius 1 is 0.917 bits per heavy atom. The van der Waals surface area contributed by atoms with Crippen molar-refractivity contribution in [3.63, 3.8) is 0 Å². The number of hydrogen-bond donors (Lipinski definition) is 0. The van der Waals surface area contributed by atoms with Crippen LogP contribution in [0, 0.1) is 0 Å². The Bertz CT molecular complexity index is 628. The summed E-state index contributed by atoms with van der Waals surface area (Å²) in [4.78, 5) is 16.2. The van der Waals surface area contributed by atoms with Gasteiger partial charge in [-0.25, -0.2) is 9.36 Å². The topological polar surface area (TPSA) is 71.1 Å². The van der Waals surface area contributed by atoms with Gasteiger partial charge in [-0.3, -0.25) is 4.89 Å². The van der Waals surface area contributed by atoms with E-state index < -0.39 is 13.8 Å². The molecule has 0 aromatic heterocycles. The van der Waals surface area contributed by atoms with Crippen LogP contribution in [0.3, 0.4) is 0 Å². The van der Waals surface area contributed by atoms with Crippen LogP contribution in [-0.4, -0.2) is 5.97 Å². The molecule has 2 aromatic rings. The van der Waals surface area contributed by atoms with E-state index in [9.17, 15) is 9.36 Å². The van der Waals surface area contributed by atoms with Crippen molar-refractivity contribution < 1.29 is 28.0 Å². The van der Waals surface area contributed by atoms with Crippen LogP contribution < -0.4 is 9.05 Å². The smallest absolute Gasteiger partial charge is 0.393 e. The van der Waals surface area contributed by atoms with Crippen molar-refractivity contribution in [3.8, 4) is 11.5 Å². The molecule has 0 radical (unpaired) electrons. The van der Waals surface area contributed by atoms with E-state index in [0.29, 0.717) is 6.42 Å². The third kappa shape index (κ3) is 6.07. The summed E-state index contributed by atoms with van der Waals surface area (Å²) in [7, 11) is -4.19. The lowest BCUT2D eigenvalue weighted by molar-refractivity contribution is -0.221. The number of carbonyl (C=O) groups excluding carboxylic acids is 1. The monoisotopic (exact) mass is 350 g/mol. The van der Waals surface area contributed by atoms with Gasteiger partial charge < -0.3 is 9.05 Å². The van der Waals surface area contributed by atoms with Crippen molar-refractivity contribution in [2.45, 2.75) is 26.2 Å². The second kappa shape index (κ2) is 9.11. The summed E-state index contributed by atoms with van der Waals surface area (Å²) < 4.78 is 28.1. The lowest BCUT2D eigenvalue weighted by Gasteiger charge is -2.17. The fourth-order valence-corrected chi connectivity index (χ4v) is 2.75. The normalized spacial score (nSPS) is 10.9. The minimum absolute atomic E-state index is 0.160. The van der Waals surface area contributed by atoms with E-state index in [1.54, 1.807) is 60.7 Å². The zero-order chi connectivity index (χ0) is 17.3. The summed E-state index contributed by atoms with van der Waals surface area (Å²) >= 11 is 0. The molecule has 0 saturated heterocycles. The highest BCUT2D eigenvalue weighted by Gasteiger charge is 2.34. The molecular formula is C17H19O6P. The molecule has 0 amide bonds. The summed E-state index contributed by atoms with van der Waals surface area (Å²) in [5.41, 5.74) is 0. The molecule has 0 N–H and O–H groups in total. The van der Waals surface area contributed by atoms with Crippen LogP contribution >= 0.6 is 7.82 Å². The van der Waals surface area contributed by atoms with Gasteiger partial charge in [-0.15, -0.1) is 0 Å². The van der Waals surface area contributed by atoms with Gasteiger partial charge in [0.2, 0.25) is 0 Å². The summed E-state index contributed by atoms with van der Waals surface area (Å²) in [5.74, 6) is -0.104. The first kappa shape index (κ1) is 18.0. The zero-order valence-corrected chi connectivity index (χ0v) is 14.2. The van der Waals surface area contributed by atoms with E-state index in [-0.39, 0.29) is 17.9 Å². The molecule has 2 rings (SSSR count). The molecule has 24 heavy (non-hydrogen) atoms. The molecule has 0 atom stereocenters. The number of phosphoric acid groups is 1. The molecule has 0 spiro atoms. The first-order valence-corrected chi connectivity index (χ1v) is 9.06. The molecule has 128 valence electrons. The maximum atomic E-state index is 12.8. The van der Waals surface area contributed by atoms with E-state index in [4.69, 9.17) is 13.7 Å². The van der Waals surface area contributed by atoms with Gasteiger partial charge in [-0.2, -0.15) is 0 Å². The quantitative estimate of drug-likeness (QED) is 0.363. The molecule has 0 bridgehead atoms. The molecule has 0 aliphatic carbocycles. The van der Waals surface area contributed by atoms with Crippen LogP contribution in [-0.2, 0) is 18.9 Å². The number of hydrogen-bond acceptors (Lipinski definition) is 6. The minimum atomic E-state index is -4.19. The number of unbranched alkanes of at least 4 members (excludes halogenated alkanes) is 1. The molecule has 0 aliphatic heterocycles. The Balaban J connectivity index is 2.08. The fourth-order valence-electron chi connectivity index (χ4n) is 1.72. The van der Waals surface area contributed by atoms with Crippen molar-refractivity contribution in [3.05, 3.63) is 60.7 Å². The second-order valence-electron chi connectivity index (χ2n) is 4.89. The molecule has 7 heteroatoms. The fraction of sp³-hybridized carbons (Fsp3) is 0.235. The number of rotatable bonds is 9. The second-order valence-corrected chi connectivity index (χ2v) is 6.30. The van der Waals surface area contributed by atoms with Crippen LogP contribution in [0.25, 0.3) is 0 Å². The molecule has 0 aliphatic rings. The molecule has 0 saturated carbocycles. The van der Waals surface area contributed by atoms with Crippen molar-refractivity contribution in [2.75, 3.05) is 0 Å². The maximum Gasteiger partial charge on any atom is 0.625 e. The van der Waals surface area contributed by atoms with E-state index in [1.807, 2.05) is 6.92 Å². The van der Waals surface area contributed by atoms with Gasteiger partial charge in [0.1, 0.15) is 11.5 Å². The predicted octanol–water partition coefficient (Wildman–Crippen LogP) is 4.92. The van der Waals surface area contributed by atoms with E-state index in [0.717, 1.165) is 6.42 Å². The summed E-state index contributed by atoms with van der Waals surface area (Å²) in [6.07, 6.45) is 1.63. The Labute approximate surface area is 140 Å². The predicted molar refractivity (Wildman–Crippen MR) is 88.4 cm³/mol. The first-order valence-electron chi connectivity index (χ1n) is 7.60.